The second kappa shape index (κ2) is 4.94. The standard InChI is InChI=1S/C11H22N2O2/c1-11(2,8-12)10(15)13-6-4-3-5-9(13)7-14/h9,14H,3-8,12H2,1-2H3. The number of aliphatic hydroxyl groups excluding tert-OH is 1. The average Bonchev–Trinajstić information content (AvgIpc) is 2.28. The lowest BCUT2D eigenvalue weighted by Crippen LogP contribution is -2.52. The van der Waals surface area contributed by atoms with Crippen LogP contribution < -0.4 is 5.73 Å². The number of carbonyl (C=O) groups excluding carboxylic acids is 1. The van der Waals surface area contributed by atoms with Crippen molar-refractivity contribution in [1.82, 2.24) is 4.90 Å². The molecule has 0 aliphatic carbocycles. The Morgan fingerprint density at radius 1 is 1.53 bits per heavy atom. The molecule has 1 atom stereocenters. The Labute approximate surface area is 91.4 Å². The van der Waals surface area contributed by atoms with Crippen LogP contribution in [0.2, 0.25) is 0 Å². The van der Waals surface area contributed by atoms with E-state index in [9.17, 15) is 9.90 Å². The molecular weight excluding hydrogens is 192 g/mol. The lowest BCUT2D eigenvalue weighted by atomic mass is 9.89. The zero-order valence-electron chi connectivity index (χ0n) is 9.70. The molecule has 0 aromatic heterocycles. The largest absolute Gasteiger partial charge is 0.394 e. The van der Waals surface area contributed by atoms with Crippen LogP contribution in [-0.2, 0) is 4.79 Å². The molecule has 0 aromatic rings. The molecule has 1 rings (SSSR count). The Morgan fingerprint density at radius 2 is 2.20 bits per heavy atom. The summed E-state index contributed by atoms with van der Waals surface area (Å²) >= 11 is 0. The Morgan fingerprint density at radius 3 is 2.73 bits per heavy atom. The molecule has 1 fully saturated rings. The van der Waals surface area contributed by atoms with Gasteiger partial charge in [-0.1, -0.05) is 0 Å². The molecule has 15 heavy (non-hydrogen) atoms. The summed E-state index contributed by atoms with van der Waals surface area (Å²) in [6, 6.07) is -0.00271. The third kappa shape index (κ3) is 2.69. The quantitative estimate of drug-likeness (QED) is 0.712. The van der Waals surface area contributed by atoms with E-state index in [1.807, 2.05) is 13.8 Å². The molecular formula is C11H22N2O2. The first kappa shape index (κ1) is 12.5. The van der Waals surface area contributed by atoms with E-state index in [1.165, 1.54) is 0 Å². The van der Waals surface area contributed by atoms with Gasteiger partial charge < -0.3 is 15.7 Å². The Balaban J connectivity index is 2.72. The summed E-state index contributed by atoms with van der Waals surface area (Å²) in [5.41, 5.74) is 5.08. The van der Waals surface area contributed by atoms with Gasteiger partial charge in [0.25, 0.3) is 0 Å². The van der Waals surface area contributed by atoms with E-state index in [-0.39, 0.29) is 18.6 Å². The fraction of sp³-hybridized carbons (Fsp3) is 0.909. The van der Waals surface area contributed by atoms with Crippen LogP contribution in [0.4, 0.5) is 0 Å². The third-order valence-electron chi connectivity index (χ3n) is 3.19. The van der Waals surface area contributed by atoms with E-state index < -0.39 is 5.41 Å². The monoisotopic (exact) mass is 214 g/mol. The molecule has 1 heterocycles. The normalized spacial score (nSPS) is 22.9. The number of carbonyl (C=O) groups is 1. The summed E-state index contributed by atoms with van der Waals surface area (Å²) < 4.78 is 0. The summed E-state index contributed by atoms with van der Waals surface area (Å²) in [4.78, 5) is 14.0. The summed E-state index contributed by atoms with van der Waals surface area (Å²) in [6.45, 7) is 4.89. The maximum absolute atomic E-state index is 12.2. The number of hydrogen-bond acceptors (Lipinski definition) is 3. The number of likely N-dealkylation sites (tertiary alicyclic amines) is 1. The number of rotatable bonds is 3. The van der Waals surface area contributed by atoms with Gasteiger partial charge in [-0.15, -0.1) is 0 Å². The highest BCUT2D eigenvalue weighted by molar-refractivity contribution is 5.82. The van der Waals surface area contributed by atoms with Crippen molar-refractivity contribution in [3.63, 3.8) is 0 Å². The number of nitrogens with two attached hydrogens (primary N) is 1. The number of piperidine rings is 1. The first-order valence-electron chi connectivity index (χ1n) is 5.65. The predicted octanol–water partition coefficient (Wildman–Crippen LogP) is 0.345. The van der Waals surface area contributed by atoms with E-state index in [1.54, 1.807) is 4.90 Å². The molecule has 1 aliphatic rings. The maximum atomic E-state index is 12.2. The number of nitrogens with zero attached hydrogens (tertiary/aromatic N) is 1. The van der Waals surface area contributed by atoms with E-state index >= 15 is 0 Å². The highest BCUT2D eigenvalue weighted by atomic mass is 16.3. The molecule has 0 aromatic carbocycles. The average molecular weight is 214 g/mol. The molecule has 0 bridgehead atoms. The van der Waals surface area contributed by atoms with Gasteiger partial charge in [0.2, 0.25) is 5.91 Å². The number of aliphatic hydroxyl groups is 1. The van der Waals surface area contributed by atoms with Crippen LogP contribution in [0.5, 0.6) is 0 Å². The Bertz CT molecular complexity index is 229. The smallest absolute Gasteiger partial charge is 0.229 e. The minimum absolute atomic E-state index is 0.00271. The van der Waals surface area contributed by atoms with Crippen molar-refractivity contribution in [1.29, 1.82) is 0 Å². The SMILES string of the molecule is CC(C)(CN)C(=O)N1CCCCC1CO. The van der Waals surface area contributed by atoms with Crippen molar-refractivity contribution in [2.75, 3.05) is 19.7 Å². The topological polar surface area (TPSA) is 66.6 Å². The first-order chi connectivity index (χ1) is 7.03. The van der Waals surface area contributed by atoms with Crippen molar-refractivity contribution in [2.24, 2.45) is 11.1 Å². The van der Waals surface area contributed by atoms with Crippen molar-refractivity contribution < 1.29 is 9.90 Å². The summed E-state index contributed by atoms with van der Waals surface area (Å²) in [5.74, 6) is 0.0729. The van der Waals surface area contributed by atoms with Crippen LogP contribution >= 0.6 is 0 Å². The second-order valence-electron chi connectivity index (χ2n) is 4.92. The minimum atomic E-state index is -0.509. The zero-order chi connectivity index (χ0) is 11.5. The molecule has 0 spiro atoms. The van der Waals surface area contributed by atoms with Gasteiger partial charge in [0.15, 0.2) is 0 Å². The molecule has 0 saturated carbocycles. The Hall–Kier alpha value is -0.610. The van der Waals surface area contributed by atoms with Crippen LogP contribution in [0.15, 0.2) is 0 Å². The summed E-state index contributed by atoms with van der Waals surface area (Å²) in [7, 11) is 0. The summed E-state index contributed by atoms with van der Waals surface area (Å²) in [5, 5.41) is 9.22. The lowest BCUT2D eigenvalue weighted by Gasteiger charge is -2.39. The van der Waals surface area contributed by atoms with Crippen LogP contribution in [0, 0.1) is 5.41 Å². The molecule has 4 heteroatoms. The fourth-order valence-corrected chi connectivity index (χ4v) is 1.93. The van der Waals surface area contributed by atoms with Gasteiger partial charge in [0, 0.05) is 13.1 Å². The first-order valence-corrected chi connectivity index (χ1v) is 5.65. The van der Waals surface area contributed by atoms with Gasteiger partial charge in [0.05, 0.1) is 18.1 Å². The van der Waals surface area contributed by atoms with E-state index in [0.29, 0.717) is 6.54 Å². The molecule has 88 valence electrons. The van der Waals surface area contributed by atoms with Crippen molar-refractivity contribution in [2.45, 2.75) is 39.2 Å². The molecule has 1 saturated heterocycles. The van der Waals surface area contributed by atoms with Gasteiger partial charge in [0.1, 0.15) is 0 Å². The van der Waals surface area contributed by atoms with Crippen molar-refractivity contribution in [3.8, 4) is 0 Å². The van der Waals surface area contributed by atoms with E-state index in [2.05, 4.69) is 0 Å². The van der Waals surface area contributed by atoms with Crippen molar-refractivity contribution >= 4 is 5.91 Å². The van der Waals surface area contributed by atoms with Gasteiger partial charge in [-0.05, 0) is 33.1 Å². The van der Waals surface area contributed by atoms with Crippen molar-refractivity contribution in [3.05, 3.63) is 0 Å². The number of hydrogen-bond donors (Lipinski definition) is 2. The molecule has 3 N–H and O–H groups in total. The third-order valence-corrected chi connectivity index (χ3v) is 3.19. The molecule has 4 nitrogen and oxygen atoms in total. The molecule has 1 unspecified atom stereocenters. The highest BCUT2D eigenvalue weighted by Gasteiger charge is 2.35. The minimum Gasteiger partial charge on any atom is -0.394 e. The highest BCUT2D eigenvalue weighted by Crippen LogP contribution is 2.24. The van der Waals surface area contributed by atoms with Gasteiger partial charge >= 0.3 is 0 Å². The molecule has 0 radical (unpaired) electrons. The maximum Gasteiger partial charge on any atom is 0.229 e. The second-order valence-corrected chi connectivity index (χ2v) is 4.92. The lowest BCUT2D eigenvalue weighted by molar-refractivity contribution is -0.144. The fourth-order valence-electron chi connectivity index (χ4n) is 1.93. The molecule has 1 amide bonds. The van der Waals surface area contributed by atoms with Crippen LogP contribution in [-0.4, -0.2) is 41.7 Å². The van der Waals surface area contributed by atoms with Crippen LogP contribution in [0.3, 0.4) is 0 Å². The van der Waals surface area contributed by atoms with Gasteiger partial charge in [-0.2, -0.15) is 0 Å². The van der Waals surface area contributed by atoms with Gasteiger partial charge in [-0.25, -0.2) is 0 Å². The molecule has 1 aliphatic heterocycles. The summed E-state index contributed by atoms with van der Waals surface area (Å²) in [6.07, 6.45) is 3.03. The van der Waals surface area contributed by atoms with Crippen LogP contribution in [0.25, 0.3) is 0 Å². The van der Waals surface area contributed by atoms with Crippen LogP contribution in [0.1, 0.15) is 33.1 Å². The predicted molar refractivity (Wildman–Crippen MR) is 59.3 cm³/mol. The Kier molecular flexibility index (Phi) is 4.11. The zero-order valence-corrected chi connectivity index (χ0v) is 9.70. The number of amides is 1. The van der Waals surface area contributed by atoms with Gasteiger partial charge in [-0.3, -0.25) is 4.79 Å². The van der Waals surface area contributed by atoms with E-state index in [4.69, 9.17) is 5.73 Å². The van der Waals surface area contributed by atoms with E-state index in [0.717, 1.165) is 25.8 Å².